The molecule has 0 aliphatic rings. The van der Waals surface area contributed by atoms with Gasteiger partial charge in [0.1, 0.15) is 0 Å². The zero-order valence-electron chi connectivity index (χ0n) is 16.6. The molecule has 1 rings (SSSR count). The van der Waals surface area contributed by atoms with Crippen molar-refractivity contribution in [2.45, 2.75) is 40.2 Å². The molecular weight excluding hydrogens is 350 g/mol. The Kier molecular flexibility index (Phi) is 9.09. The average molecular weight is 382 g/mol. The number of amides is 2. The van der Waals surface area contributed by atoms with Crippen molar-refractivity contribution in [2.24, 2.45) is 5.41 Å². The molecular formula is C20H32ClN3O2. The summed E-state index contributed by atoms with van der Waals surface area (Å²) in [4.78, 5) is 28.4. The van der Waals surface area contributed by atoms with Crippen molar-refractivity contribution in [3.05, 3.63) is 34.9 Å². The number of hydrogen-bond donors (Lipinski definition) is 1. The molecule has 0 aromatic heterocycles. The molecule has 0 saturated heterocycles. The van der Waals surface area contributed by atoms with Crippen LogP contribution in [0.15, 0.2) is 24.3 Å². The van der Waals surface area contributed by atoms with Crippen LogP contribution in [-0.4, -0.2) is 55.3 Å². The molecule has 0 aliphatic heterocycles. The number of nitrogens with zero attached hydrogens (tertiary/aromatic N) is 2. The van der Waals surface area contributed by atoms with Gasteiger partial charge in [-0.1, -0.05) is 44.5 Å². The normalized spacial score (nSPS) is 11.5. The Morgan fingerprint density at radius 3 is 2.23 bits per heavy atom. The van der Waals surface area contributed by atoms with Gasteiger partial charge in [-0.3, -0.25) is 9.59 Å². The highest BCUT2D eigenvalue weighted by atomic mass is 35.5. The summed E-state index contributed by atoms with van der Waals surface area (Å²) < 4.78 is 0. The maximum absolute atomic E-state index is 12.6. The first-order valence-corrected chi connectivity index (χ1v) is 9.42. The lowest BCUT2D eigenvalue weighted by Crippen LogP contribution is -2.38. The fourth-order valence-electron chi connectivity index (χ4n) is 2.29. The van der Waals surface area contributed by atoms with Crippen LogP contribution >= 0.6 is 11.6 Å². The number of carbonyl (C=O) groups excluding carboxylic acids is 2. The lowest BCUT2D eigenvalue weighted by molar-refractivity contribution is -0.132. The van der Waals surface area contributed by atoms with Crippen LogP contribution in [-0.2, 0) is 16.1 Å². The highest BCUT2D eigenvalue weighted by Gasteiger charge is 2.20. The third-order valence-corrected chi connectivity index (χ3v) is 4.24. The van der Waals surface area contributed by atoms with Crippen molar-refractivity contribution < 1.29 is 9.59 Å². The van der Waals surface area contributed by atoms with Crippen LogP contribution < -0.4 is 5.32 Å². The van der Waals surface area contributed by atoms with Crippen molar-refractivity contribution in [3.8, 4) is 0 Å². The maximum atomic E-state index is 12.6. The molecule has 1 N–H and O–H groups in total. The van der Waals surface area contributed by atoms with Gasteiger partial charge in [-0.05, 0) is 38.2 Å². The third kappa shape index (κ3) is 8.68. The monoisotopic (exact) mass is 381 g/mol. The van der Waals surface area contributed by atoms with Crippen LogP contribution in [0.1, 0.15) is 39.2 Å². The maximum Gasteiger partial charge on any atom is 0.225 e. The first-order chi connectivity index (χ1) is 12.1. The van der Waals surface area contributed by atoms with Crippen molar-refractivity contribution in [1.29, 1.82) is 0 Å². The number of rotatable bonds is 9. The van der Waals surface area contributed by atoms with Crippen molar-refractivity contribution >= 4 is 23.4 Å². The Morgan fingerprint density at radius 1 is 1.08 bits per heavy atom. The van der Waals surface area contributed by atoms with Gasteiger partial charge >= 0.3 is 0 Å². The molecule has 1 aromatic carbocycles. The van der Waals surface area contributed by atoms with Gasteiger partial charge in [0.15, 0.2) is 0 Å². The van der Waals surface area contributed by atoms with E-state index in [4.69, 9.17) is 11.6 Å². The predicted octanol–water partition coefficient (Wildman–Crippen LogP) is 3.17. The van der Waals surface area contributed by atoms with Crippen LogP contribution in [0.4, 0.5) is 0 Å². The minimum Gasteiger partial charge on any atom is -0.356 e. The van der Waals surface area contributed by atoms with Crippen LogP contribution in [0.25, 0.3) is 0 Å². The van der Waals surface area contributed by atoms with E-state index in [-0.39, 0.29) is 11.8 Å². The average Bonchev–Trinajstić information content (AvgIpc) is 2.55. The van der Waals surface area contributed by atoms with Crippen molar-refractivity contribution in [1.82, 2.24) is 15.1 Å². The lowest BCUT2D eigenvalue weighted by Gasteiger charge is -2.25. The fourth-order valence-corrected chi connectivity index (χ4v) is 2.41. The summed E-state index contributed by atoms with van der Waals surface area (Å²) in [5.41, 5.74) is 0.651. The Bertz CT molecular complexity index is 580. The fraction of sp³-hybridized carbons (Fsp3) is 0.600. The minimum absolute atomic E-state index is 0.00979. The summed E-state index contributed by atoms with van der Waals surface area (Å²) in [7, 11) is 3.99. The van der Waals surface area contributed by atoms with Gasteiger partial charge in [-0.25, -0.2) is 0 Å². The van der Waals surface area contributed by atoms with Crippen molar-refractivity contribution in [3.63, 3.8) is 0 Å². The van der Waals surface area contributed by atoms with E-state index >= 15 is 0 Å². The van der Waals surface area contributed by atoms with E-state index in [1.54, 1.807) is 0 Å². The summed E-state index contributed by atoms with van der Waals surface area (Å²) in [6.07, 6.45) is 1.06. The summed E-state index contributed by atoms with van der Waals surface area (Å²) >= 11 is 5.93. The summed E-state index contributed by atoms with van der Waals surface area (Å²) in [6, 6.07) is 7.57. The summed E-state index contributed by atoms with van der Waals surface area (Å²) in [5, 5.41) is 3.58. The Hall–Kier alpha value is -1.59. The number of likely N-dealkylation sites (N-methyl/N-ethyl adjacent to an activating group) is 1. The molecule has 0 spiro atoms. The highest BCUT2D eigenvalue weighted by molar-refractivity contribution is 6.30. The first-order valence-electron chi connectivity index (χ1n) is 9.05. The van der Waals surface area contributed by atoms with E-state index in [0.29, 0.717) is 37.5 Å². The van der Waals surface area contributed by atoms with Gasteiger partial charge < -0.3 is 15.1 Å². The molecule has 0 saturated carbocycles. The molecule has 146 valence electrons. The summed E-state index contributed by atoms with van der Waals surface area (Å²) in [6.45, 7) is 8.19. The number of nitrogens with one attached hydrogen (secondary N) is 1. The summed E-state index contributed by atoms with van der Waals surface area (Å²) in [5.74, 6) is 0.113. The molecule has 0 heterocycles. The number of hydrogen-bond acceptors (Lipinski definition) is 3. The third-order valence-electron chi connectivity index (χ3n) is 3.99. The molecule has 0 fully saturated rings. The van der Waals surface area contributed by atoms with E-state index in [9.17, 15) is 9.59 Å². The minimum atomic E-state index is -0.406. The van der Waals surface area contributed by atoms with Crippen LogP contribution in [0.5, 0.6) is 0 Å². The van der Waals surface area contributed by atoms with E-state index in [0.717, 1.165) is 12.1 Å². The molecule has 5 nitrogen and oxygen atoms in total. The van der Waals surface area contributed by atoms with Gasteiger partial charge in [-0.2, -0.15) is 0 Å². The van der Waals surface area contributed by atoms with E-state index < -0.39 is 5.41 Å². The number of halogens is 1. The topological polar surface area (TPSA) is 52.6 Å². The molecule has 0 aliphatic carbocycles. The van der Waals surface area contributed by atoms with Gasteiger partial charge in [0.25, 0.3) is 0 Å². The molecule has 0 unspecified atom stereocenters. The molecule has 6 heteroatoms. The molecule has 26 heavy (non-hydrogen) atoms. The molecule has 0 radical (unpaired) electrons. The van der Waals surface area contributed by atoms with E-state index in [1.807, 2.05) is 64.0 Å². The Morgan fingerprint density at radius 2 is 1.69 bits per heavy atom. The highest BCUT2D eigenvalue weighted by Crippen LogP contribution is 2.14. The lowest BCUT2D eigenvalue weighted by atomic mass is 9.96. The molecule has 0 atom stereocenters. The Labute approximate surface area is 162 Å². The number of carbonyl (C=O) groups is 2. The SMILES string of the molecule is CN(C)CCN(Cc1ccc(Cl)cc1)C(=O)CCCNC(=O)C(C)(C)C. The Balaban J connectivity index is 2.55. The molecule has 0 bridgehead atoms. The zero-order valence-corrected chi connectivity index (χ0v) is 17.4. The first kappa shape index (κ1) is 22.5. The van der Waals surface area contributed by atoms with E-state index in [2.05, 4.69) is 10.2 Å². The van der Waals surface area contributed by atoms with Crippen molar-refractivity contribution in [2.75, 3.05) is 33.7 Å². The second-order valence-corrected chi connectivity index (χ2v) is 8.29. The van der Waals surface area contributed by atoms with Gasteiger partial charge in [0.2, 0.25) is 11.8 Å². The zero-order chi connectivity index (χ0) is 19.7. The van der Waals surface area contributed by atoms with E-state index in [1.165, 1.54) is 0 Å². The predicted molar refractivity (Wildman–Crippen MR) is 107 cm³/mol. The van der Waals surface area contributed by atoms with Gasteiger partial charge in [0, 0.05) is 43.0 Å². The van der Waals surface area contributed by atoms with Crippen LogP contribution in [0.2, 0.25) is 5.02 Å². The smallest absolute Gasteiger partial charge is 0.225 e. The van der Waals surface area contributed by atoms with Gasteiger partial charge in [-0.15, -0.1) is 0 Å². The van der Waals surface area contributed by atoms with Gasteiger partial charge in [0.05, 0.1) is 0 Å². The molecule has 2 amide bonds. The second kappa shape index (κ2) is 10.5. The standard InChI is InChI=1S/C20H32ClN3O2/c1-20(2,3)19(26)22-12-6-7-18(25)24(14-13-23(4)5)15-16-8-10-17(21)11-9-16/h8-11H,6-7,12-15H2,1-5H3,(H,22,26). The van der Waals surface area contributed by atoms with Crippen LogP contribution in [0, 0.1) is 5.41 Å². The quantitative estimate of drug-likeness (QED) is 0.668. The number of benzene rings is 1. The largest absolute Gasteiger partial charge is 0.356 e. The second-order valence-electron chi connectivity index (χ2n) is 7.85. The van der Waals surface area contributed by atoms with Crippen LogP contribution in [0.3, 0.4) is 0 Å². The molecule has 1 aromatic rings.